The molecule has 172 valence electrons. The Morgan fingerprint density at radius 1 is 0.735 bits per heavy atom. The molecule has 0 bridgehead atoms. The Morgan fingerprint density at radius 2 is 1.35 bits per heavy atom. The van der Waals surface area contributed by atoms with Crippen LogP contribution in [0.3, 0.4) is 0 Å². The molecule has 4 heteroatoms. The van der Waals surface area contributed by atoms with Crippen molar-refractivity contribution in [2.45, 2.75) is 51.1 Å². The maximum absolute atomic E-state index is 3.84. The maximum Gasteiger partial charge on any atom is 0.370 e. The highest BCUT2D eigenvalue weighted by Crippen LogP contribution is 2.38. The SMILES string of the molecule is CC(C)c1ccc(CC(CB2Nc3cccc4cccc(c34)N2)[Si](C)(C)c2ccccc2)cc1. The monoisotopic (exact) mass is 462 g/mol. The van der Waals surface area contributed by atoms with Crippen molar-refractivity contribution in [3.05, 3.63) is 102 Å². The average Bonchev–Trinajstić information content (AvgIpc) is 2.85. The smallest absolute Gasteiger partial charge is 0.370 e. The van der Waals surface area contributed by atoms with E-state index in [1.54, 1.807) is 0 Å². The second-order valence-electron chi connectivity index (χ2n) is 10.7. The quantitative estimate of drug-likeness (QED) is 0.278. The van der Waals surface area contributed by atoms with Crippen molar-refractivity contribution in [2.24, 2.45) is 0 Å². The summed E-state index contributed by atoms with van der Waals surface area (Å²) in [6, 6.07) is 33.7. The molecule has 1 unspecified atom stereocenters. The van der Waals surface area contributed by atoms with Crippen molar-refractivity contribution in [3.8, 4) is 0 Å². The summed E-state index contributed by atoms with van der Waals surface area (Å²) in [6.07, 6.45) is 2.20. The van der Waals surface area contributed by atoms with Crippen LogP contribution in [0.4, 0.5) is 11.4 Å². The predicted molar refractivity (Wildman–Crippen MR) is 153 cm³/mol. The molecule has 1 atom stereocenters. The van der Waals surface area contributed by atoms with Gasteiger partial charge >= 0.3 is 6.98 Å². The summed E-state index contributed by atoms with van der Waals surface area (Å²) in [5, 5.41) is 11.8. The lowest BCUT2D eigenvalue weighted by molar-refractivity contribution is 0.850. The van der Waals surface area contributed by atoms with Gasteiger partial charge < -0.3 is 10.5 Å². The molecular formula is C30H35BN2Si. The summed E-state index contributed by atoms with van der Waals surface area (Å²) in [6.45, 7) is 9.85. The van der Waals surface area contributed by atoms with Gasteiger partial charge in [-0.05, 0) is 52.8 Å². The standard InChI is InChI=1S/C30H35BN2Si/c1-22(2)24-18-16-23(17-19-24)20-27(34(3,4)26-12-6-5-7-13-26)21-31-32-28-14-8-10-25-11-9-15-29(33-31)30(25)28/h5-19,22,27,32-33H,20-21H2,1-4H3. The second-order valence-corrected chi connectivity index (χ2v) is 15.5. The second kappa shape index (κ2) is 9.34. The van der Waals surface area contributed by atoms with Crippen LogP contribution in [0, 0.1) is 0 Å². The van der Waals surface area contributed by atoms with Crippen LogP contribution >= 0.6 is 0 Å². The Hall–Kier alpha value is -2.98. The van der Waals surface area contributed by atoms with Crippen LogP contribution in [0.2, 0.25) is 25.0 Å². The van der Waals surface area contributed by atoms with E-state index in [1.807, 2.05) is 0 Å². The van der Waals surface area contributed by atoms with E-state index in [1.165, 1.54) is 38.5 Å². The number of anilines is 2. The van der Waals surface area contributed by atoms with Crippen molar-refractivity contribution >= 4 is 42.4 Å². The number of rotatable bonds is 7. The fourth-order valence-electron chi connectivity index (χ4n) is 5.46. The molecule has 1 aliphatic rings. The van der Waals surface area contributed by atoms with Crippen molar-refractivity contribution in [3.63, 3.8) is 0 Å². The van der Waals surface area contributed by atoms with Gasteiger partial charge in [-0.15, -0.1) is 0 Å². The first kappa shape index (κ1) is 22.8. The lowest BCUT2D eigenvalue weighted by Gasteiger charge is -2.37. The molecule has 0 saturated carbocycles. The summed E-state index contributed by atoms with van der Waals surface area (Å²) >= 11 is 0. The molecule has 0 fully saturated rings. The molecule has 0 spiro atoms. The summed E-state index contributed by atoms with van der Waals surface area (Å²) in [7, 11) is -1.75. The highest BCUT2D eigenvalue weighted by atomic mass is 28.3. The zero-order chi connectivity index (χ0) is 23.7. The van der Waals surface area contributed by atoms with Crippen molar-refractivity contribution in [2.75, 3.05) is 10.5 Å². The molecule has 4 aromatic carbocycles. The van der Waals surface area contributed by atoms with Crippen LogP contribution in [0.1, 0.15) is 30.9 Å². The first-order valence-electron chi connectivity index (χ1n) is 12.6. The molecule has 0 aromatic heterocycles. The molecular weight excluding hydrogens is 427 g/mol. The van der Waals surface area contributed by atoms with Crippen LogP contribution < -0.4 is 15.6 Å². The highest BCUT2D eigenvalue weighted by Gasteiger charge is 2.37. The van der Waals surface area contributed by atoms with Gasteiger partial charge in [-0.25, -0.2) is 0 Å². The van der Waals surface area contributed by atoms with Gasteiger partial charge in [-0.2, -0.15) is 0 Å². The van der Waals surface area contributed by atoms with Gasteiger partial charge in [0.05, 0.1) is 8.07 Å². The van der Waals surface area contributed by atoms with Crippen LogP contribution in [0.5, 0.6) is 0 Å². The predicted octanol–water partition coefficient (Wildman–Crippen LogP) is 7.52. The minimum absolute atomic E-state index is 0.218. The van der Waals surface area contributed by atoms with Gasteiger partial charge in [0.1, 0.15) is 0 Å². The summed E-state index contributed by atoms with van der Waals surface area (Å²) in [5.41, 5.74) is 5.95. The molecule has 2 N–H and O–H groups in total. The van der Waals surface area contributed by atoms with Gasteiger partial charge in [0.2, 0.25) is 0 Å². The van der Waals surface area contributed by atoms with E-state index in [0.717, 1.165) is 12.7 Å². The molecule has 1 heterocycles. The number of nitrogens with one attached hydrogen (secondary N) is 2. The minimum Gasteiger partial charge on any atom is -0.409 e. The lowest BCUT2D eigenvalue weighted by Crippen LogP contribution is -2.50. The Morgan fingerprint density at radius 3 is 1.94 bits per heavy atom. The third kappa shape index (κ3) is 4.52. The van der Waals surface area contributed by atoms with E-state index in [9.17, 15) is 0 Å². The molecule has 0 aliphatic carbocycles. The molecule has 5 rings (SSSR count). The molecule has 0 amide bonds. The lowest BCUT2D eigenvalue weighted by atomic mass is 9.68. The van der Waals surface area contributed by atoms with Crippen LogP contribution in [0.25, 0.3) is 10.8 Å². The van der Waals surface area contributed by atoms with E-state index >= 15 is 0 Å². The zero-order valence-corrected chi connectivity index (χ0v) is 21.8. The molecule has 0 radical (unpaired) electrons. The topological polar surface area (TPSA) is 24.1 Å². The van der Waals surface area contributed by atoms with Crippen molar-refractivity contribution in [1.82, 2.24) is 0 Å². The molecule has 4 aromatic rings. The van der Waals surface area contributed by atoms with E-state index in [2.05, 4.69) is 128 Å². The highest BCUT2D eigenvalue weighted by molar-refractivity contribution is 6.92. The van der Waals surface area contributed by atoms with Gasteiger partial charge in [0, 0.05) is 16.8 Å². The Bertz CT molecular complexity index is 1230. The van der Waals surface area contributed by atoms with Gasteiger partial charge in [0.25, 0.3) is 0 Å². The first-order chi connectivity index (χ1) is 16.4. The third-order valence-electron chi connectivity index (χ3n) is 7.75. The molecule has 2 nitrogen and oxygen atoms in total. The summed E-state index contributed by atoms with van der Waals surface area (Å²) in [4.78, 5) is 0. The molecule has 1 aliphatic heterocycles. The number of benzene rings is 4. The van der Waals surface area contributed by atoms with Crippen molar-refractivity contribution in [1.29, 1.82) is 0 Å². The normalized spacial score (nSPS) is 14.1. The Labute approximate surface area is 205 Å². The molecule has 34 heavy (non-hydrogen) atoms. The fourth-order valence-corrected chi connectivity index (χ4v) is 8.55. The Kier molecular flexibility index (Phi) is 6.26. The minimum atomic E-state index is -1.75. The number of hydrogen-bond donors (Lipinski definition) is 2. The van der Waals surface area contributed by atoms with Crippen LogP contribution in [-0.2, 0) is 6.42 Å². The first-order valence-corrected chi connectivity index (χ1v) is 15.7. The molecule has 0 saturated heterocycles. The fraction of sp³-hybridized carbons (Fsp3) is 0.267. The van der Waals surface area contributed by atoms with Gasteiger partial charge in [-0.1, -0.05) is 111 Å². The van der Waals surface area contributed by atoms with Gasteiger partial charge in [0.15, 0.2) is 0 Å². The van der Waals surface area contributed by atoms with E-state index in [0.29, 0.717) is 11.5 Å². The van der Waals surface area contributed by atoms with Crippen molar-refractivity contribution < 1.29 is 0 Å². The van der Waals surface area contributed by atoms with E-state index in [-0.39, 0.29) is 6.98 Å². The zero-order valence-electron chi connectivity index (χ0n) is 20.8. The average molecular weight is 463 g/mol. The van der Waals surface area contributed by atoms with Crippen LogP contribution in [-0.4, -0.2) is 15.1 Å². The largest absolute Gasteiger partial charge is 0.409 e. The maximum atomic E-state index is 3.84. The summed E-state index contributed by atoms with van der Waals surface area (Å²) < 4.78 is 0. The summed E-state index contributed by atoms with van der Waals surface area (Å²) in [5.74, 6) is 0.568. The number of hydrogen-bond acceptors (Lipinski definition) is 2. The van der Waals surface area contributed by atoms with E-state index < -0.39 is 8.07 Å². The Balaban J connectivity index is 1.45. The van der Waals surface area contributed by atoms with Crippen LogP contribution in [0.15, 0.2) is 91.0 Å². The van der Waals surface area contributed by atoms with Gasteiger partial charge in [-0.3, -0.25) is 0 Å². The van der Waals surface area contributed by atoms with E-state index in [4.69, 9.17) is 0 Å². The third-order valence-corrected chi connectivity index (χ3v) is 12.1.